The van der Waals surface area contributed by atoms with Gasteiger partial charge in [-0.15, -0.1) is 0 Å². The van der Waals surface area contributed by atoms with Crippen LogP contribution in [0.2, 0.25) is 0 Å². The Morgan fingerprint density at radius 2 is 1.81 bits per heavy atom. The van der Waals surface area contributed by atoms with Gasteiger partial charge in [0.25, 0.3) is 0 Å². The predicted octanol–water partition coefficient (Wildman–Crippen LogP) is 0.695. The van der Waals surface area contributed by atoms with Crippen molar-refractivity contribution in [3.05, 3.63) is 0 Å². The number of likely N-dealkylation sites (N-methyl/N-ethyl adjacent to an activating group) is 1. The lowest BCUT2D eigenvalue weighted by Crippen LogP contribution is -2.56. The molecular formula is C14H29N3O3S. The summed E-state index contributed by atoms with van der Waals surface area (Å²) in [4.78, 5) is 12.2. The molecule has 1 aliphatic heterocycles. The van der Waals surface area contributed by atoms with E-state index in [0.29, 0.717) is 32.4 Å². The van der Waals surface area contributed by atoms with Crippen LogP contribution in [0.25, 0.3) is 0 Å². The van der Waals surface area contributed by atoms with Crippen LogP contribution in [0.4, 0.5) is 0 Å². The number of carbonyl (C=O) groups is 1. The third-order valence-electron chi connectivity index (χ3n) is 3.83. The van der Waals surface area contributed by atoms with Crippen LogP contribution in [-0.2, 0) is 14.8 Å². The average molecular weight is 319 g/mol. The Bertz CT molecular complexity index is 440. The zero-order valence-corrected chi connectivity index (χ0v) is 14.4. The minimum atomic E-state index is -3.11. The van der Waals surface area contributed by atoms with Gasteiger partial charge in [0.05, 0.1) is 11.3 Å². The summed E-state index contributed by atoms with van der Waals surface area (Å²) in [5.41, 5.74) is -0.597. The SMILES string of the molecule is CCCS(=O)(=O)N1CCC(NC(=O)C(C)(C)NCC)CC1. The van der Waals surface area contributed by atoms with Gasteiger partial charge in [0.2, 0.25) is 15.9 Å². The highest BCUT2D eigenvalue weighted by molar-refractivity contribution is 7.89. The van der Waals surface area contributed by atoms with Gasteiger partial charge < -0.3 is 10.6 Å². The molecule has 0 unspecified atom stereocenters. The Balaban J connectivity index is 2.49. The molecule has 1 amide bonds. The first-order chi connectivity index (χ1) is 9.73. The molecule has 0 aromatic carbocycles. The van der Waals surface area contributed by atoms with E-state index in [0.717, 1.165) is 6.54 Å². The van der Waals surface area contributed by atoms with E-state index in [4.69, 9.17) is 0 Å². The third kappa shape index (κ3) is 5.23. The molecule has 124 valence electrons. The van der Waals surface area contributed by atoms with E-state index in [1.807, 2.05) is 27.7 Å². The van der Waals surface area contributed by atoms with Crippen LogP contribution < -0.4 is 10.6 Å². The van der Waals surface area contributed by atoms with E-state index in [-0.39, 0.29) is 17.7 Å². The fraction of sp³-hybridized carbons (Fsp3) is 0.929. The van der Waals surface area contributed by atoms with Crippen molar-refractivity contribution < 1.29 is 13.2 Å². The number of rotatable bonds is 7. The zero-order chi connectivity index (χ0) is 16.1. The van der Waals surface area contributed by atoms with Crippen LogP contribution in [0, 0.1) is 0 Å². The van der Waals surface area contributed by atoms with Crippen molar-refractivity contribution in [2.45, 2.75) is 58.5 Å². The van der Waals surface area contributed by atoms with Gasteiger partial charge in [0.15, 0.2) is 0 Å². The summed E-state index contributed by atoms with van der Waals surface area (Å²) in [6.45, 7) is 9.26. The Morgan fingerprint density at radius 3 is 2.29 bits per heavy atom. The van der Waals surface area contributed by atoms with Crippen molar-refractivity contribution in [2.75, 3.05) is 25.4 Å². The van der Waals surface area contributed by atoms with Crippen molar-refractivity contribution in [1.29, 1.82) is 0 Å². The molecule has 1 saturated heterocycles. The summed E-state index contributed by atoms with van der Waals surface area (Å²) in [5.74, 6) is 0.177. The van der Waals surface area contributed by atoms with E-state index < -0.39 is 15.6 Å². The van der Waals surface area contributed by atoms with E-state index in [2.05, 4.69) is 10.6 Å². The molecule has 7 heteroatoms. The summed E-state index contributed by atoms with van der Waals surface area (Å²) >= 11 is 0. The van der Waals surface area contributed by atoms with Crippen molar-refractivity contribution in [3.8, 4) is 0 Å². The molecule has 21 heavy (non-hydrogen) atoms. The zero-order valence-electron chi connectivity index (χ0n) is 13.6. The molecule has 1 fully saturated rings. The van der Waals surface area contributed by atoms with Crippen LogP contribution >= 0.6 is 0 Å². The topological polar surface area (TPSA) is 78.5 Å². The Kier molecular flexibility index (Phi) is 6.62. The average Bonchev–Trinajstić information content (AvgIpc) is 2.39. The van der Waals surface area contributed by atoms with Crippen molar-refractivity contribution >= 4 is 15.9 Å². The molecule has 1 aliphatic rings. The van der Waals surface area contributed by atoms with Gasteiger partial charge in [-0.2, -0.15) is 0 Å². The second-order valence-corrected chi connectivity index (χ2v) is 8.21. The second-order valence-electron chi connectivity index (χ2n) is 6.12. The quantitative estimate of drug-likeness (QED) is 0.724. The third-order valence-corrected chi connectivity index (χ3v) is 5.91. The lowest BCUT2D eigenvalue weighted by Gasteiger charge is -2.34. The highest BCUT2D eigenvalue weighted by atomic mass is 32.2. The molecular weight excluding hydrogens is 290 g/mol. The lowest BCUT2D eigenvalue weighted by atomic mass is 10.0. The first kappa shape index (κ1) is 18.4. The standard InChI is InChI=1S/C14H29N3O3S/c1-5-11-21(19,20)17-9-7-12(8-10-17)16-13(18)14(3,4)15-6-2/h12,15H,5-11H2,1-4H3,(H,16,18). The van der Waals surface area contributed by atoms with Crippen LogP contribution in [0.15, 0.2) is 0 Å². The fourth-order valence-corrected chi connectivity index (χ4v) is 4.09. The van der Waals surface area contributed by atoms with Crippen molar-refractivity contribution in [2.24, 2.45) is 0 Å². The first-order valence-corrected chi connectivity index (χ1v) is 9.37. The van der Waals surface area contributed by atoms with Crippen molar-refractivity contribution in [3.63, 3.8) is 0 Å². The highest BCUT2D eigenvalue weighted by Crippen LogP contribution is 2.16. The minimum Gasteiger partial charge on any atom is -0.352 e. The molecule has 0 aliphatic carbocycles. The lowest BCUT2D eigenvalue weighted by molar-refractivity contribution is -0.127. The van der Waals surface area contributed by atoms with E-state index in [1.54, 1.807) is 4.31 Å². The summed E-state index contributed by atoms with van der Waals surface area (Å²) < 4.78 is 25.5. The molecule has 0 aromatic rings. The fourth-order valence-electron chi connectivity index (χ4n) is 2.55. The number of piperidine rings is 1. The van der Waals surface area contributed by atoms with Crippen molar-refractivity contribution in [1.82, 2.24) is 14.9 Å². The number of nitrogens with one attached hydrogen (secondary N) is 2. The van der Waals surface area contributed by atoms with Crippen LogP contribution in [-0.4, -0.2) is 55.6 Å². The summed E-state index contributed by atoms with van der Waals surface area (Å²) in [7, 11) is -3.11. The van der Waals surface area contributed by atoms with E-state index >= 15 is 0 Å². The Labute approximate surface area is 128 Å². The minimum absolute atomic E-state index is 0.0285. The number of amides is 1. The number of hydrogen-bond donors (Lipinski definition) is 2. The van der Waals surface area contributed by atoms with Gasteiger partial charge >= 0.3 is 0 Å². The van der Waals surface area contributed by atoms with Gasteiger partial charge in [-0.25, -0.2) is 12.7 Å². The van der Waals surface area contributed by atoms with Crippen LogP contribution in [0.5, 0.6) is 0 Å². The largest absolute Gasteiger partial charge is 0.352 e. The molecule has 1 rings (SSSR count). The van der Waals surface area contributed by atoms with Crippen LogP contribution in [0.1, 0.15) is 47.0 Å². The molecule has 0 atom stereocenters. The molecule has 2 N–H and O–H groups in total. The maximum atomic E-state index is 12.2. The van der Waals surface area contributed by atoms with E-state index in [1.165, 1.54) is 0 Å². The summed E-state index contributed by atoms with van der Waals surface area (Å²) in [6, 6.07) is 0.0588. The molecule has 0 aromatic heterocycles. The van der Waals surface area contributed by atoms with E-state index in [9.17, 15) is 13.2 Å². The van der Waals surface area contributed by atoms with Gasteiger partial charge in [0, 0.05) is 19.1 Å². The van der Waals surface area contributed by atoms with Crippen LogP contribution in [0.3, 0.4) is 0 Å². The predicted molar refractivity (Wildman–Crippen MR) is 84.6 cm³/mol. The van der Waals surface area contributed by atoms with Gasteiger partial charge in [-0.1, -0.05) is 13.8 Å². The smallest absolute Gasteiger partial charge is 0.239 e. The maximum absolute atomic E-state index is 12.2. The summed E-state index contributed by atoms with van der Waals surface area (Å²) in [5, 5.41) is 6.17. The maximum Gasteiger partial charge on any atom is 0.239 e. The second kappa shape index (κ2) is 7.56. The molecule has 0 bridgehead atoms. The molecule has 0 spiro atoms. The molecule has 1 heterocycles. The van der Waals surface area contributed by atoms with Gasteiger partial charge in [-0.05, 0) is 39.7 Å². The Hall–Kier alpha value is -0.660. The normalized spacial score (nSPS) is 18.7. The highest BCUT2D eigenvalue weighted by Gasteiger charge is 2.31. The first-order valence-electron chi connectivity index (χ1n) is 7.76. The Morgan fingerprint density at radius 1 is 1.24 bits per heavy atom. The number of carbonyl (C=O) groups excluding carboxylic acids is 1. The number of nitrogens with zero attached hydrogens (tertiary/aromatic N) is 1. The monoisotopic (exact) mass is 319 g/mol. The number of hydrogen-bond acceptors (Lipinski definition) is 4. The number of sulfonamides is 1. The molecule has 0 saturated carbocycles. The molecule has 0 radical (unpaired) electrons. The van der Waals surface area contributed by atoms with Gasteiger partial charge in [0.1, 0.15) is 0 Å². The van der Waals surface area contributed by atoms with Gasteiger partial charge in [-0.3, -0.25) is 4.79 Å². The summed E-state index contributed by atoms with van der Waals surface area (Å²) in [6.07, 6.45) is 1.99. The molecule has 6 nitrogen and oxygen atoms in total.